The highest BCUT2D eigenvalue weighted by molar-refractivity contribution is 6.04. The Morgan fingerprint density at radius 2 is 1.65 bits per heavy atom. The summed E-state index contributed by atoms with van der Waals surface area (Å²) in [5, 5.41) is 2.17. The number of anilines is 1. The van der Waals surface area contributed by atoms with Crippen LogP contribution in [0.4, 0.5) is 18.9 Å². The molecule has 0 spiro atoms. The van der Waals surface area contributed by atoms with E-state index in [0.29, 0.717) is 6.07 Å². The smallest absolute Gasteiger partial charge is 0.257 e. The van der Waals surface area contributed by atoms with E-state index in [2.05, 4.69) is 5.32 Å². The van der Waals surface area contributed by atoms with Gasteiger partial charge in [-0.05, 0) is 23.8 Å². The predicted molar refractivity (Wildman–Crippen MR) is 90.5 cm³/mol. The number of benzene rings is 2. The van der Waals surface area contributed by atoms with Crippen molar-refractivity contribution >= 4 is 11.6 Å². The fourth-order valence-electron chi connectivity index (χ4n) is 2.39. The van der Waals surface area contributed by atoms with Crippen LogP contribution >= 0.6 is 0 Å². The van der Waals surface area contributed by atoms with Crippen molar-refractivity contribution in [3.05, 3.63) is 99.7 Å². The number of aromatic nitrogens is 1. The van der Waals surface area contributed by atoms with Crippen molar-refractivity contribution < 1.29 is 18.0 Å². The van der Waals surface area contributed by atoms with Gasteiger partial charge >= 0.3 is 0 Å². The van der Waals surface area contributed by atoms with Crippen LogP contribution in [0, 0.1) is 17.5 Å². The summed E-state index contributed by atoms with van der Waals surface area (Å²) in [6.07, 6.45) is 1.32. The monoisotopic (exact) mass is 358 g/mol. The zero-order valence-electron chi connectivity index (χ0n) is 13.4. The molecule has 0 bridgehead atoms. The molecule has 0 fully saturated rings. The van der Waals surface area contributed by atoms with Gasteiger partial charge in [-0.1, -0.05) is 30.3 Å². The molecule has 0 saturated heterocycles. The van der Waals surface area contributed by atoms with Gasteiger partial charge in [-0.2, -0.15) is 0 Å². The van der Waals surface area contributed by atoms with Gasteiger partial charge in [-0.25, -0.2) is 13.2 Å². The van der Waals surface area contributed by atoms with Crippen molar-refractivity contribution in [2.24, 2.45) is 0 Å². The molecule has 0 aliphatic heterocycles. The first-order valence-corrected chi connectivity index (χ1v) is 7.65. The maximum absolute atomic E-state index is 13.7. The average Bonchev–Trinajstić information content (AvgIpc) is 2.65. The second-order valence-electron chi connectivity index (χ2n) is 5.55. The van der Waals surface area contributed by atoms with Crippen LogP contribution in [0.5, 0.6) is 0 Å². The van der Waals surface area contributed by atoms with Crippen molar-refractivity contribution in [1.29, 1.82) is 0 Å². The van der Waals surface area contributed by atoms with Crippen molar-refractivity contribution in [2.45, 2.75) is 6.54 Å². The zero-order chi connectivity index (χ0) is 18.7. The number of nitrogens with one attached hydrogen (secondary N) is 1. The van der Waals surface area contributed by atoms with Crippen LogP contribution in [0.3, 0.4) is 0 Å². The van der Waals surface area contributed by atoms with Gasteiger partial charge in [0, 0.05) is 12.3 Å². The summed E-state index contributed by atoms with van der Waals surface area (Å²) in [5.41, 5.74) is 0.127. The zero-order valence-corrected chi connectivity index (χ0v) is 13.4. The van der Waals surface area contributed by atoms with Crippen LogP contribution in [0.25, 0.3) is 0 Å². The van der Waals surface area contributed by atoms with Gasteiger partial charge in [-0.3, -0.25) is 9.59 Å². The van der Waals surface area contributed by atoms with Gasteiger partial charge < -0.3 is 9.88 Å². The molecule has 0 aliphatic rings. The van der Waals surface area contributed by atoms with E-state index in [4.69, 9.17) is 0 Å². The van der Waals surface area contributed by atoms with Gasteiger partial charge in [0.15, 0.2) is 17.5 Å². The van der Waals surface area contributed by atoms with Crippen LogP contribution < -0.4 is 10.9 Å². The standard InChI is InChI=1S/C19H13F3N2O2/c20-14-7-8-15(18(22)17(14)21)23-19(26)13-6-9-16(25)24(11-13)10-12-4-2-1-3-5-12/h1-9,11H,10H2,(H,23,26). The molecule has 2 aromatic carbocycles. The SMILES string of the molecule is O=C(Nc1ccc(F)c(F)c1F)c1ccc(=O)n(Cc2ccccc2)c1. The summed E-state index contributed by atoms with van der Waals surface area (Å²) in [4.78, 5) is 24.2. The Morgan fingerprint density at radius 1 is 0.923 bits per heavy atom. The van der Waals surface area contributed by atoms with E-state index in [9.17, 15) is 22.8 Å². The topological polar surface area (TPSA) is 51.1 Å². The molecule has 26 heavy (non-hydrogen) atoms. The minimum Gasteiger partial charge on any atom is -0.319 e. The highest BCUT2D eigenvalue weighted by Gasteiger charge is 2.16. The van der Waals surface area contributed by atoms with Gasteiger partial charge in [0.25, 0.3) is 11.5 Å². The average molecular weight is 358 g/mol. The van der Waals surface area contributed by atoms with Gasteiger partial charge in [0.1, 0.15) is 0 Å². The van der Waals surface area contributed by atoms with Crippen molar-refractivity contribution in [2.75, 3.05) is 5.32 Å². The highest BCUT2D eigenvalue weighted by atomic mass is 19.2. The number of amides is 1. The number of hydrogen-bond donors (Lipinski definition) is 1. The van der Waals surface area contributed by atoms with Crippen LogP contribution in [0.1, 0.15) is 15.9 Å². The first-order valence-electron chi connectivity index (χ1n) is 7.65. The Morgan fingerprint density at radius 3 is 2.38 bits per heavy atom. The Hall–Kier alpha value is -3.35. The van der Waals surface area contributed by atoms with Crippen LogP contribution in [0.15, 0.2) is 65.6 Å². The molecule has 132 valence electrons. The summed E-state index contributed by atoms with van der Waals surface area (Å²) < 4.78 is 41.2. The first-order chi connectivity index (χ1) is 12.5. The van der Waals surface area contributed by atoms with Crippen molar-refractivity contribution in [3.8, 4) is 0 Å². The molecule has 3 aromatic rings. The summed E-state index contributed by atoms with van der Waals surface area (Å²) in [5.74, 6) is -5.26. The van der Waals surface area contributed by atoms with Crippen LogP contribution in [-0.4, -0.2) is 10.5 Å². The lowest BCUT2D eigenvalue weighted by Gasteiger charge is -2.10. The molecule has 0 saturated carbocycles. The van der Waals surface area contributed by atoms with Gasteiger partial charge in [0.05, 0.1) is 17.8 Å². The number of pyridine rings is 1. The summed E-state index contributed by atoms with van der Waals surface area (Å²) in [6, 6.07) is 13.3. The number of carbonyl (C=O) groups is 1. The molecule has 0 unspecified atom stereocenters. The summed E-state index contributed by atoms with van der Waals surface area (Å²) in [6.45, 7) is 0.250. The Balaban J connectivity index is 1.85. The maximum Gasteiger partial charge on any atom is 0.257 e. The Kier molecular flexibility index (Phi) is 4.88. The van der Waals surface area contributed by atoms with E-state index in [1.165, 1.54) is 22.9 Å². The fraction of sp³-hybridized carbons (Fsp3) is 0.0526. The van der Waals surface area contributed by atoms with Gasteiger partial charge in [0.2, 0.25) is 0 Å². The number of rotatable bonds is 4. The molecule has 1 aromatic heterocycles. The lowest BCUT2D eigenvalue weighted by Crippen LogP contribution is -2.22. The predicted octanol–water partition coefficient (Wildman–Crippen LogP) is 3.57. The fourth-order valence-corrected chi connectivity index (χ4v) is 2.39. The van der Waals surface area contributed by atoms with Crippen molar-refractivity contribution in [3.63, 3.8) is 0 Å². The Labute approximate surface area is 146 Å². The largest absolute Gasteiger partial charge is 0.319 e. The lowest BCUT2D eigenvalue weighted by atomic mass is 10.2. The van der Waals surface area contributed by atoms with E-state index in [1.54, 1.807) is 0 Å². The second kappa shape index (κ2) is 7.26. The third-order valence-electron chi connectivity index (χ3n) is 3.72. The molecule has 1 heterocycles. The molecule has 1 N–H and O–H groups in total. The van der Waals surface area contributed by atoms with Crippen LogP contribution in [0.2, 0.25) is 0 Å². The number of nitrogens with zero attached hydrogens (tertiary/aromatic N) is 1. The molecule has 7 heteroatoms. The van der Waals surface area contributed by atoms with E-state index in [-0.39, 0.29) is 17.7 Å². The first kappa shape index (κ1) is 17.5. The molecule has 1 amide bonds. The third-order valence-corrected chi connectivity index (χ3v) is 3.72. The minimum atomic E-state index is -1.67. The summed E-state index contributed by atoms with van der Waals surface area (Å²) >= 11 is 0. The second-order valence-corrected chi connectivity index (χ2v) is 5.55. The summed E-state index contributed by atoms with van der Waals surface area (Å²) in [7, 11) is 0. The molecule has 3 rings (SSSR count). The van der Waals surface area contributed by atoms with E-state index >= 15 is 0 Å². The molecule has 0 radical (unpaired) electrons. The Bertz CT molecular complexity index is 1020. The van der Waals surface area contributed by atoms with E-state index in [0.717, 1.165) is 11.6 Å². The molecule has 0 atom stereocenters. The number of hydrogen-bond acceptors (Lipinski definition) is 2. The quantitative estimate of drug-likeness (QED) is 0.725. The van der Waals surface area contributed by atoms with Gasteiger partial charge in [-0.15, -0.1) is 0 Å². The van der Waals surface area contributed by atoms with Crippen molar-refractivity contribution in [1.82, 2.24) is 4.57 Å². The lowest BCUT2D eigenvalue weighted by molar-refractivity contribution is 0.102. The van der Waals surface area contributed by atoms with Crippen LogP contribution in [-0.2, 0) is 6.54 Å². The number of halogens is 3. The molecule has 4 nitrogen and oxygen atoms in total. The van der Waals surface area contributed by atoms with E-state index in [1.807, 2.05) is 30.3 Å². The minimum absolute atomic E-state index is 0.0738. The normalized spacial score (nSPS) is 10.6. The molecular weight excluding hydrogens is 345 g/mol. The maximum atomic E-state index is 13.7. The third kappa shape index (κ3) is 3.66. The number of carbonyl (C=O) groups excluding carboxylic acids is 1. The molecular formula is C19H13F3N2O2. The highest BCUT2D eigenvalue weighted by Crippen LogP contribution is 2.20. The van der Waals surface area contributed by atoms with E-state index < -0.39 is 29.0 Å². The molecule has 0 aliphatic carbocycles.